The zero-order valence-corrected chi connectivity index (χ0v) is 14.9. The maximum atomic E-state index is 12.2. The number of aromatic nitrogens is 1. The second kappa shape index (κ2) is 6.54. The molecule has 1 amide bonds. The molecule has 0 aromatic carbocycles. The predicted molar refractivity (Wildman–Crippen MR) is 87.5 cm³/mol. The number of likely N-dealkylation sites (tertiary alicyclic amines) is 1. The standard InChI is InChI=1S/C16H23BrN2O3/c1-15(2,3)22-14(20)19-10-5-7-16(21,8-11-19)12-6-4-9-18-13(12)17/h4,6,9,21H,5,7-8,10-11H2,1-3H3. The Labute approximate surface area is 139 Å². The number of aliphatic hydroxyl groups is 1. The van der Waals surface area contributed by atoms with Gasteiger partial charge in [-0.2, -0.15) is 0 Å². The summed E-state index contributed by atoms with van der Waals surface area (Å²) < 4.78 is 6.07. The average molecular weight is 371 g/mol. The van der Waals surface area contributed by atoms with Crippen LogP contribution in [0.1, 0.15) is 45.6 Å². The summed E-state index contributed by atoms with van der Waals surface area (Å²) in [4.78, 5) is 18.0. The third-order valence-corrected chi connectivity index (χ3v) is 4.36. The second-order valence-corrected chi connectivity index (χ2v) is 7.45. The summed E-state index contributed by atoms with van der Waals surface area (Å²) in [5.74, 6) is 0. The van der Waals surface area contributed by atoms with E-state index in [0.29, 0.717) is 30.5 Å². The summed E-state index contributed by atoms with van der Waals surface area (Å²) in [6.45, 7) is 6.62. The Kier molecular flexibility index (Phi) is 5.12. The van der Waals surface area contributed by atoms with Gasteiger partial charge in [0.2, 0.25) is 0 Å². The predicted octanol–water partition coefficient (Wildman–Crippen LogP) is 3.45. The fourth-order valence-electron chi connectivity index (χ4n) is 2.63. The van der Waals surface area contributed by atoms with E-state index in [1.165, 1.54) is 0 Å². The largest absolute Gasteiger partial charge is 0.444 e. The smallest absolute Gasteiger partial charge is 0.410 e. The van der Waals surface area contributed by atoms with Crippen molar-refractivity contribution >= 4 is 22.0 Å². The SMILES string of the molecule is CC(C)(C)OC(=O)N1CCCC(O)(c2cccnc2Br)CC1. The van der Waals surface area contributed by atoms with Gasteiger partial charge >= 0.3 is 6.09 Å². The monoisotopic (exact) mass is 370 g/mol. The number of rotatable bonds is 1. The van der Waals surface area contributed by atoms with E-state index in [2.05, 4.69) is 20.9 Å². The van der Waals surface area contributed by atoms with Crippen LogP contribution in [0.25, 0.3) is 0 Å². The molecule has 1 unspecified atom stereocenters. The fraction of sp³-hybridized carbons (Fsp3) is 0.625. The van der Waals surface area contributed by atoms with E-state index in [0.717, 1.165) is 12.0 Å². The van der Waals surface area contributed by atoms with Gasteiger partial charge in [0.1, 0.15) is 10.2 Å². The first-order valence-electron chi connectivity index (χ1n) is 7.53. The van der Waals surface area contributed by atoms with Gasteiger partial charge in [0.05, 0.1) is 5.60 Å². The lowest BCUT2D eigenvalue weighted by Gasteiger charge is -2.29. The highest BCUT2D eigenvalue weighted by molar-refractivity contribution is 9.10. The minimum absolute atomic E-state index is 0.318. The third-order valence-electron chi connectivity index (χ3n) is 3.73. The first-order chi connectivity index (χ1) is 10.2. The number of hydrogen-bond acceptors (Lipinski definition) is 4. The summed E-state index contributed by atoms with van der Waals surface area (Å²) in [5, 5.41) is 11.0. The van der Waals surface area contributed by atoms with Gasteiger partial charge in [-0.3, -0.25) is 0 Å². The van der Waals surface area contributed by atoms with Crippen LogP contribution in [0.15, 0.2) is 22.9 Å². The Morgan fingerprint density at radius 1 is 1.41 bits per heavy atom. The second-order valence-electron chi connectivity index (χ2n) is 6.69. The molecule has 5 nitrogen and oxygen atoms in total. The molecular weight excluding hydrogens is 348 g/mol. The maximum absolute atomic E-state index is 12.2. The molecule has 1 saturated heterocycles. The number of halogens is 1. The highest BCUT2D eigenvalue weighted by atomic mass is 79.9. The van der Waals surface area contributed by atoms with E-state index in [1.807, 2.05) is 32.9 Å². The molecule has 1 aliphatic heterocycles. The quantitative estimate of drug-likeness (QED) is 0.768. The molecule has 1 fully saturated rings. The van der Waals surface area contributed by atoms with E-state index >= 15 is 0 Å². The molecule has 0 saturated carbocycles. The van der Waals surface area contributed by atoms with Crippen molar-refractivity contribution in [2.45, 2.75) is 51.2 Å². The van der Waals surface area contributed by atoms with Crippen LogP contribution in [0, 0.1) is 0 Å². The van der Waals surface area contributed by atoms with Gasteiger partial charge in [0, 0.05) is 24.8 Å². The van der Waals surface area contributed by atoms with Gasteiger partial charge in [-0.25, -0.2) is 9.78 Å². The minimum Gasteiger partial charge on any atom is -0.444 e. The van der Waals surface area contributed by atoms with Gasteiger partial charge in [-0.1, -0.05) is 6.07 Å². The van der Waals surface area contributed by atoms with Gasteiger partial charge < -0.3 is 14.7 Å². The lowest BCUT2D eigenvalue weighted by atomic mass is 9.88. The highest BCUT2D eigenvalue weighted by Gasteiger charge is 2.35. The molecule has 6 heteroatoms. The van der Waals surface area contributed by atoms with Crippen LogP contribution in [-0.4, -0.2) is 39.8 Å². The van der Waals surface area contributed by atoms with E-state index in [4.69, 9.17) is 4.74 Å². The van der Waals surface area contributed by atoms with Crippen LogP contribution in [0.5, 0.6) is 0 Å². The van der Waals surface area contributed by atoms with Crippen LogP contribution in [0.3, 0.4) is 0 Å². The molecule has 22 heavy (non-hydrogen) atoms. The van der Waals surface area contributed by atoms with Crippen molar-refractivity contribution in [2.24, 2.45) is 0 Å². The molecule has 1 aromatic rings. The lowest BCUT2D eigenvalue weighted by Crippen LogP contribution is -2.38. The van der Waals surface area contributed by atoms with Crippen LogP contribution in [-0.2, 0) is 10.3 Å². The van der Waals surface area contributed by atoms with Crippen molar-refractivity contribution in [3.05, 3.63) is 28.5 Å². The Morgan fingerprint density at radius 3 is 2.77 bits per heavy atom. The van der Waals surface area contributed by atoms with Gasteiger partial charge in [-0.05, 0) is 62.0 Å². The van der Waals surface area contributed by atoms with Gasteiger partial charge in [0.25, 0.3) is 0 Å². The van der Waals surface area contributed by atoms with Crippen LogP contribution < -0.4 is 0 Å². The summed E-state index contributed by atoms with van der Waals surface area (Å²) >= 11 is 3.40. The van der Waals surface area contributed by atoms with Crippen molar-refractivity contribution in [1.29, 1.82) is 0 Å². The van der Waals surface area contributed by atoms with Crippen molar-refractivity contribution in [3.63, 3.8) is 0 Å². The van der Waals surface area contributed by atoms with Crippen LogP contribution in [0.4, 0.5) is 4.79 Å². The average Bonchev–Trinajstić information content (AvgIpc) is 2.60. The topological polar surface area (TPSA) is 62.7 Å². The number of carbonyl (C=O) groups is 1. The molecule has 0 spiro atoms. The van der Waals surface area contributed by atoms with Crippen molar-refractivity contribution in [1.82, 2.24) is 9.88 Å². The zero-order valence-electron chi connectivity index (χ0n) is 13.3. The van der Waals surface area contributed by atoms with Crippen molar-refractivity contribution in [3.8, 4) is 0 Å². The number of ether oxygens (including phenoxy) is 1. The van der Waals surface area contributed by atoms with Crippen molar-refractivity contribution in [2.75, 3.05) is 13.1 Å². The molecule has 122 valence electrons. The number of amides is 1. The maximum Gasteiger partial charge on any atom is 0.410 e. The van der Waals surface area contributed by atoms with Crippen LogP contribution >= 0.6 is 15.9 Å². The van der Waals surface area contributed by atoms with Gasteiger partial charge in [0.15, 0.2) is 0 Å². The first kappa shape index (κ1) is 17.2. The Balaban J connectivity index is 2.09. The summed E-state index contributed by atoms with van der Waals surface area (Å²) in [6.07, 6.45) is 3.15. The lowest BCUT2D eigenvalue weighted by molar-refractivity contribution is 0.0122. The molecule has 1 atom stereocenters. The van der Waals surface area contributed by atoms with E-state index in [9.17, 15) is 9.90 Å². The van der Waals surface area contributed by atoms with Crippen LogP contribution in [0.2, 0.25) is 0 Å². The molecule has 0 bridgehead atoms. The number of carbonyl (C=O) groups excluding carboxylic acids is 1. The van der Waals surface area contributed by atoms with E-state index in [1.54, 1.807) is 11.1 Å². The molecule has 2 rings (SSSR count). The Morgan fingerprint density at radius 2 is 2.14 bits per heavy atom. The minimum atomic E-state index is -0.968. The molecule has 1 N–H and O–H groups in total. The normalized spacial score (nSPS) is 23.0. The highest BCUT2D eigenvalue weighted by Crippen LogP contribution is 2.36. The number of pyridine rings is 1. The molecule has 0 aliphatic carbocycles. The summed E-state index contributed by atoms with van der Waals surface area (Å²) in [7, 11) is 0. The first-order valence-corrected chi connectivity index (χ1v) is 8.32. The van der Waals surface area contributed by atoms with Crippen molar-refractivity contribution < 1.29 is 14.6 Å². The molecule has 0 radical (unpaired) electrons. The number of hydrogen-bond donors (Lipinski definition) is 1. The number of nitrogens with zero attached hydrogens (tertiary/aromatic N) is 2. The zero-order chi connectivity index (χ0) is 16.4. The molecule has 1 aromatic heterocycles. The fourth-order valence-corrected chi connectivity index (χ4v) is 3.25. The summed E-state index contributed by atoms with van der Waals surface area (Å²) in [6, 6.07) is 3.69. The molecule has 2 heterocycles. The molecule has 1 aliphatic rings. The summed E-state index contributed by atoms with van der Waals surface area (Å²) in [5.41, 5.74) is -0.698. The third kappa shape index (κ3) is 4.20. The Hall–Kier alpha value is -1.14. The van der Waals surface area contributed by atoms with E-state index in [-0.39, 0.29) is 6.09 Å². The molecular formula is C16H23BrN2O3. The van der Waals surface area contributed by atoms with E-state index < -0.39 is 11.2 Å². The van der Waals surface area contributed by atoms with Gasteiger partial charge in [-0.15, -0.1) is 0 Å². The Bertz CT molecular complexity index is 544.